The zero-order chi connectivity index (χ0) is 18.6. The number of nitrogens with zero attached hydrogens (tertiary/aromatic N) is 4. The van der Waals surface area contributed by atoms with Gasteiger partial charge in [-0.05, 0) is 68.5 Å². The molecule has 5 rings (SSSR count). The van der Waals surface area contributed by atoms with Crippen molar-refractivity contribution in [2.75, 3.05) is 11.4 Å². The van der Waals surface area contributed by atoms with Crippen LogP contribution in [0.15, 0.2) is 42.6 Å². The summed E-state index contributed by atoms with van der Waals surface area (Å²) in [7, 11) is 1.96. The van der Waals surface area contributed by atoms with E-state index in [9.17, 15) is 0 Å². The van der Waals surface area contributed by atoms with Crippen molar-refractivity contribution in [2.24, 2.45) is 7.05 Å². The predicted molar refractivity (Wildman–Crippen MR) is 120 cm³/mol. The Morgan fingerprint density at radius 2 is 1.75 bits per heavy atom. The Kier molecular flexibility index (Phi) is 4.63. The van der Waals surface area contributed by atoms with Crippen LogP contribution >= 0.6 is 11.3 Å². The van der Waals surface area contributed by atoms with Gasteiger partial charge in [-0.25, -0.2) is 4.98 Å². The SMILES string of the molecule is Cn1cc2cc(-c3ccc4nc(N5CCCCC5(C)C)sc4c3)ccc2n1.N. The van der Waals surface area contributed by atoms with Gasteiger partial charge in [0.05, 0.1) is 15.7 Å². The molecule has 0 bridgehead atoms. The maximum atomic E-state index is 4.95. The van der Waals surface area contributed by atoms with Crippen molar-refractivity contribution in [1.82, 2.24) is 20.9 Å². The minimum Gasteiger partial charge on any atom is -0.344 e. The number of piperidine rings is 1. The topological polar surface area (TPSA) is 69.0 Å². The molecule has 0 unspecified atom stereocenters. The monoisotopic (exact) mass is 393 g/mol. The highest BCUT2D eigenvalue weighted by molar-refractivity contribution is 7.22. The summed E-state index contributed by atoms with van der Waals surface area (Å²) in [5.41, 5.74) is 4.80. The molecule has 0 spiro atoms. The Hall–Kier alpha value is -2.44. The van der Waals surface area contributed by atoms with E-state index in [0.29, 0.717) is 0 Å². The van der Waals surface area contributed by atoms with Crippen LogP contribution in [0.1, 0.15) is 33.1 Å². The molecule has 6 heteroatoms. The summed E-state index contributed by atoms with van der Waals surface area (Å²) in [5, 5.41) is 6.81. The zero-order valence-electron chi connectivity index (χ0n) is 16.8. The standard InChI is InChI=1S/C22H24N4S.H3N/c1-22(2)10-4-5-11-26(22)21-23-19-9-7-16(13-20(19)27-21)15-6-8-18-17(12-15)14-25(3)24-18;/h6-9,12-14H,4-5,10-11H2,1-3H3;1H3. The van der Waals surface area contributed by atoms with E-state index in [1.807, 2.05) is 23.1 Å². The summed E-state index contributed by atoms with van der Waals surface area (Å²) in [6.45, 7) is 5.79. The molecule has 4 aromatic rings. The molecule has 146 valence electrons. The van der Waals surface area contributed by atoms with Crippen molar-refractivity contribution in [1.29, 1.82) is 0 Å². The Balaban J connectivity index is 0.00000192. The van der Waals surface area contributed by atoms with Gasteiger partial charge in [-0.1, -0.05) is 23.5 Å². The average molecular weight is 394 g/mol. The fourth-order valence-corrected chi connectivity index (χ4v) is 5.35. The molecule has 2 aromatic heterocycles. The highest BCUT2D eigenvalue weighted by atomic mass is 32.1. The number of benzene rings is 2. The first-order valence-electron chi connectivity index (χ1n) is 9.62. The van der Waals surface area contributed by atoms with Gasteiger partial charge in [-0.3, -0.25) is 4.68 Å². The number of aryl methyl sites for hydroxylation is 1. The molecule has 2 aromatic carbocycles. The normalized spacial score (nSPS) is 16.5. The third-order valence-corrected chi connectivity index (χ3v) is 6.75. The van der Waals surface area contributed by atoms with Crippen LogP contribution in [0.25, 0.3) is 32.2 Å². The van der Waals surface area contributed by atoms with Crippen LogP contribution in [0.5, 0.6) is 0 Å². The van der Waals surface area contributed by atoms with Crippen LogP contribution in [0.3, 0.4) is 0 Å². The molecule has 1 aliphatic heterocycles. The quantitative estimate of drug-likeness (QED) is 0.468. The Morgan fingerprint density at radius 1 is 1.00 bits per heavy atom. The highest BCUT2D eigenvalue weighted by Gasteiger charge is 2.31. The number of rotatable bonds is 2. The maximum Gasteiger partial charge on any atom is 0.186 e. The lowest BCUT2D eigenvalue weighted by molar-refractivity contribution is 0.361. The molecule has 1 aliphatic rings. The maximum absolute atomic E-state index is 4.95. The van der Waals surface area contributed by atoms with Crippen molar-refractivity contribution < 1.29 is 0 Å². The second-order valence-electron chi connectivity index (χ2n) is 8.18. The number of aromatic nitrogens is 3. The van der Waals surface area contributed by atoms with Crippen molar-refractivity contribution in [3.8, 4) is 11.1 Å². The molecule has 0 saturated carbocycles. The van der Waals surface area contributed by atoms with E-state index in [-0.39, 0.29) is 11.7 Å². The first-order valence-corrected chi connectivity index (χ1v) is 10.4. The van der Waals surface area contributed by atoms with Crippen molar-refractivity contribution in [3.05, 3.63) is 42.6 Å². The van der Waals surface area contributed by atoms with E-state index in [2.05, 4.69) is 66.4 Å². The van der Waals surface area contributed by atoms with Crippen LogP contribution in [0.2, 0.25) is 0 Å². The first kappa shape index (κ1) is 18.9. The van der Waals surface area contributed by atoms with Gasteiger partial charge in [-0.15, -0.1) is 0 Å². The fourth-order valence-electron chi connectivity index (χ4n) is 4.16. The molecule has 0 atom stereocenters. The van der Waals surface area contributed by atoms with Gasteiger partial charge in [0.25, 0.3) is 0 Å². The third kappa shape index (κ3) is 3.16. The predicted octanol–water partition coefficient (Wildman–Crippen LogP) is 5.78. The largest absolute Gasteiger partial charge is 0.344 e. The van der Waals surface area contributed by atoms with Gasteiger partial charge in [0.15, 0.2) is 5.13 Å². The lowest BCUT2D eigenvalue weighted by Gasteiger charge is -2.42. The lowest BCUT2D eigenvalue weighted by Crippen LogP contribution is -2.47. The number of hydrogen-bond acceptors (Lipinski definition) is 5. The van der Waals surface area contributed by atoms with E-state index < -0.39 is 0 Å². The smallest absolute Gasteiger partial charge is 0.186 e. The minimum atomic E-state index is 0. The van der Waals surface area contributed by atoms with Gasteiger partial charge in [0.1, 0.15) is 0 Å². The number of fused-ring (bicyclic) bond motifs is 2. The van der Waals surface area contributed by atoms with Gasteiger partial charge in [0.2, 0.25) is 0 Å². The molecular formula is C22H27N5S. The van der Waals surface area contributed by atoms with E-state index in [0.717, 1.165) is 22.7 Å². The summed E-state index contributed by atoms with van der Waals surface area (Å²) in [4.78, 5) is 7.45. The van der Waals surface area contributed by atoms with E-state index >= 15 is 0 Å². The molecule has 0 radical (unpaired) electrons. The Labute approximate surface area is 169 Å². The molecule has 1 fully saturated rings. The molecule has 28 heavy (non-hydrogen) atoms. The van der Waals surface area contributed by atoms with E-state index in [1.54, 1.807) is 0 Å². The van der Waals surface area contributed by atoms with Crippen LogP contribution in [-0.2, 0) is 7.05 Å². The molecule has 1 saturated heterocycles. The van der Waals surface area contributed by atoms with Crippen LogP contribution < -0.4 is 11.1 Å². The Bertz CT molecular complexity index is 1140. The lowest BCUT2D eigenvalue weighted by atomic mass is 9.91. The summed E-state index contributed by atoms with van der Waals surface area (Å²) in [6.07, 6.45) is 5.88. The highest BCUT2D eigenvalue weighted by Crippen LogP contribution is 2.38. The first-order chi connectivity index (χ1) is 13.0. The summed E-state index contributed by atoms with van der Waals surface area (Å²) in [6, 6.07) is 13.1. The van der Waals surface area contributed by atoms with E-state index in [4.69, 9.17) is 4.98 Å². The van der Waals surface area contributed by atoms with Crippen LogP contribution in [0, 0.1) is 0 Å². The van der Waals surface area contributed by atoms with E-state index in [1.165, 1.54) is 40.5 Å². The van der Waals surface area contributed by atoms with Crippen LogP contribution in [-0.4, -0.2) is 26.8 Å². The van der Waals surface area contributed by atoms with Gasteiger partial charge in [0, 0.05) is 30.7 Å². The molecule has 0 amide bonds. The van der Waals surface area contributed by atoms with Gasteiger partial charge in [-0.2, -0.15) is 5.10 Å². The van der Waals surface area contributed by atoms with Gasteiger partial charge >= 0.3 is 0 Å². The summed E-state index contributed by atoms with van der Waals surface area (Å²) >= 11 is 1.82. The van der Waals surface area contributed by atoms with Crippen molar-refractivity contribution in [2.45, 2.75) is 38.6 Å². The third-order valence-electron chi connectivity index (χ3n) is 5.71. The second kappa shape index (κ2) is 6.87. The van der Waals surface area contributed by atoms with Crippen molar-refractivity contribution in [3.63, 3.8) is 0 Å². The van der Waals surface area contributed by atoms with Crippen LogP contribution in [0.4, 0.5) is 5.13 Å². The molecular weight excluding hydrogens is 366 g/mol. The average Bonchev–Trinajstić information content (AvgIpc) is 3.21. The van der Waals surface area contributed by atoms with Crippen molar-refractivity contribution >= 4 is 37.6 Å². The second-order valence-corrected chi connectivity index (χ2v) is 9.19. The van der Waals surface area contributed by atoms with Gasteiger partial charge < -0.3 is 11.1 Å². The zero-order valence-corrected chi connectivity index (χ0v) is 17.6. The summed E-state index contributed by atoms with van der Waals surface area (Å²) in [5.74, 6) is 0. The summed E-state index contributed by atoms with van der Waals surface area (Å²) < 4.78 is 3.13. The minimum absolute atomic E-state index is 0. The fraction of sp³-hybridized carbons (Fsp3) is 0.364. The number of hydrogen-bond donors (Lipinski definition) is 1. The molecule has 3 N–H and O–H groups in total. The molecule has 5 nitrogen and oxygen atoms in total. The molecule has 3 heterocycles. The Morgan fingerprint density at radius 3 is 2.54 bits per heavy atom. The number of thiazole rings is 1. The number of anilines is 1. The molecule has 0 aliphatic carbocycles.